The summed E-state index contributed by atoms with van der Waals surface area (Å²) < 4.78 is 8.02. The van der Waals surface area contributed by atoms with Crippen LogP contribution in [0.3, 0.4) is 0 Å². The van der Waals surface area contributed by atoms with E-state index in [1.54, 1.807) is 33.1 Å². The summed E-state index contributed by atoms with van der Waals surface area (Å²) in [6.07, 6.45) is 1.53. The Balaban J connectivity index is 1.82. The molecule has 0 bridgehead atoms. The van der Waals surface area contributed by atoms with Crippen LogP contribution in [-0.2, 0) is 15.8 Å². The average Bonchev–Trinajstić information content (AvgIpc) is 3.18. The number of aromatic nitrogens is 2. The van der Waals surface area contributed by atoms with Gasteiger partial charge in [0.15, 0.2) is 8.32 Å². The first kappa shape index (κ1) is 24.6. The highest BCUT2D eigenvalue weighted by Crippen LogP contribution is 2.36. The van der Waals surface area contributed by atoms with Gasteiger partial charge in [-0.15, -0.1) is 0 Å². The van der Waals surface area contributed by atoms with Gasteiger partial charge in [0.25, 0.3) is 5.91 Å². The first-order valence-corrected chi connectivity index (χ1v) is 13.8. The van der Waals surface area contributed by atoms with E-state index < -0.39 is 14.2 Å². The second kappa shape index (κ2) is 9.86. The minimum atomic E-state index is -1.94. The van der Waals surface area contributed by atoms with Crippen molar-refractivity contribution in [1.29, 1.82) is 0 Å². The van der Waals surface area contributed by atoms with Crippen molar-refractivity contribution in [3.05, 3.63) is 60.4 Å². The molecule has 8 nitrogen and oxygen atoms in total. The molecule has 9 heteroatoms. The van der Waals surface area contributed by atoms with Gasteiger partial charge < -0.3 is 13.9 Å². The van der Waals surface area contributed by atoms with Crippen LogP contribution in [0.1, 0.15) is 31.1 Å². The number of imidazole rings is 1. The first-order valence-electron chi connectivity index (χ1n) is 10.9. The summed E-state index contributed by atoms with van der Waals surface area (Å²) in [6.45, 7) is 11.9. The Kier molecular flexibility index (Phi) is 7.36. The van der Waals surface area contributed by atoms with E-state index in [-0.39, 0.29) is 23.1 Å². The van der Waals surface area contributed by atoms with Crippen molar-refractivity contribution < 1.29 is 19.2 Å². The molecule has 0 atom stereocenters. The highest BCUT2D eigenvalue weighted by atomic mass is 28.4. The lowest BCUT2D eigenvalue weighted by molar-refractivity contribution is -0.119. The molecule has 0 saturated heterocycles. The SMILES string of the molecule is CC(C)(C)[Si](C)(C)OCCN(C(=O)Cn1cnc2c(C(=O)NO)cccc21)c1ccccc1. The van der Waals surface area contributed by atoms with Crippen LogP contribution in [0.15, 0.2) is 54.9 Å². The molecule has 0 spiro atoms. The van der Waals surface area contributed by atoms with Crippen molar-refractivity contribution in [2.24, 2.45) is 0 Å². The maximum absolute atomic E-state index is 13.4. The molecule has 0 fully saturated rings. The van der Waals surface area contributed by atoms with E-state index in [9.17, 15) is 9.59 Å². The summed E-state index contributed by atoms with van der Waals surface area (Å²) in [5.74, 6) is -0.762. The summed E-state index contributed by atoms with van der Waals surface area (Å²) in [5, 5.41) is 9.07. The Hall–Kier alpha value is -3.01. The minimum Gasteiger partial charge on any atom is -0.415 e. The summed E-state index contributed by atoms with van der Waals surface area (Å²) in [7, 11) is -1.94. The van der Waals surface area contributed by atoms with E-state index in [0.717, 1.165) is 5.69 Å². The van der Waals surface area contributed by atoms with Gasteiger partial charge in [-0.2, -0.15) is 0 Å². The molecule has 3 aromatic rings. The molecule has 0 aliphatic heterocycles. The highest BCUT2D eigenvalue weighted by Gasteiger charge is 2.37. The molecule has 0 radical (unpaired) electrons. The lowest BCUT2D eigenvalue weighted by Crippen LogP contribution is -2.44. The van der Waals surface area contributed by atoms with Gasteiger partial charge in [-0.25, -0.2) is 10.5 Å². The number of hydrogen-bond donors (Lipinski definition) is 2. The molecule has 2 N–H and O–H groups in total. The molecule has 1 heterocycles. The van der Waals surface area contributed by atoms with Crippen molar-refractivity contribution in [3.63, 3.8) is 0 Å². The van der Waals surface area contributed by atoms with Gasteiger partial charge in [-0.1, -0.05) is 45.0 Å². The average molecular weight is 469 g/mol. The van der Waals surface area contributed by atoms with Gasteiger partial charge in [-0.3, -0.25) is 14.8 Å². The second-order valence-corrected chi connectivity index (χ2v) is 14.3. The molecule has 3 rings (SSSR count). The third-order valence-corrected chi connectivity index (χ3v) is 10.8. The van der Waals surface area contributed by atoms with Crippen molar-refractivity contribution >= 4 is 36.9 Å². The molecular formula is C24H32N4O4Si. The lowest BCUT2D eigenvalue weighted by atomic mass is 10.1. The third kappa shape index (κ3) is 5.49. The first-order chi connectivity index (χ1) is 15.5. The molecule has 1 aromatic heterocycles. The summed E-state index contributed by atoms with van der Waals surface area (Å²) in [4.78, 5) is 31.3. The molecule has 176 valence electrons. The number of nitrogens with one attached hydrogen (secondary N) is 1. The molecule has 0 aliphatic carbocycles. The number of hydroxylamine groups is 1. The number of amides is 2. The predicted octanol–water partition coefficient (Wildman–Crippen LogP) is 4.21. The topological polar surface area (TPSA) is 96.7 Å². The van der Waals surface area contributed by atoms with E-state index in [4.69, 9.17) is 9.63 Å². The zero-order chi connectivity index (χ0) is 24.2. The molecule has 33 heavy (non-hydrogen) atoms. The van der Waals surface area contributed by atoms with E-state index in [1.165, 1.54) is 6.33 Å². The maximum atomic E-state index is 13.4. The van der Waals surface area contributed by atoms with E-state index >= 15 is 0 Å². The molecule has 0 aliphatic rings. The largest absolute Gasteiger partial charge is 0.415 e. The zero-order valence-electron chi connectivity index (χ0n) is 19.8. The predicted molar refractivity (Wildman–Crippen MR) is 131 cm³/mol. The fourth-order valence-corrected chi connectivity index (χ4v) is 4.34. The number of nitrogens with zero attached hydrogens (tertiary/aromatic N) is 3. The Labute approximate surface area is 195 Å². The lowest BCUT2D eigenvalue weighted by Gasteiger charge is -2.36. The van der Waals surface area contributed by atoms with Gasteiger partial charge in [0, 0.05) is 12.2 Å². The van der Waals surface area contributed by atoms with Crippen LogP contribution in [0, 0.1) is 0 Å². The van der Waals surface area contributed by atoms with Crippen molar-refractivity contribution in [3.8, 4) is 0 Å². The summed E-state index contributed by atoms with van der Waals surface area (Å²) >= 11 is 0. The fraction of sp³-hybridized carbons (Fsp3) is 0.375. The summed E-state index contributed by atoms with van der Waals surface area (Å²) in [5.41, 5.74) is 3.73. The van der Waals surface area contributed by atoms with Crippen LogP contribution in [-0.4, -0.2) is 48.0 Å². The van der Waals surface area contributed by atoms with E-state index in [2.05, 4.69) is 38.8 Å². The standard InChI is InChI=1S/C24H32N4O4Si/c1-24(2,3)33(4,5)32-15-14-28(18-10-7-6-8-11-18)21(29)16-27-17-25-22-19(23(30)26-31)12-9-13-20(22)27/h6-13,17,31H,14-16H2,1-5H3,(H,26,30). The Morgan fingerprint density at radius 3 is 2.45 bits per heavy atom. The number of carbonyl (C=O) groups excluding carboxylic acids is 2. The summed E-state index contributed by atoms with van der Waals surface area (Å²) in [6, 6.07) is 14.6. The van der Waals surface area contributed by atoms with E-state index in [1.807, 2.05) is 30.3 Å². The smallest absolute Gasteiger partial charge is 0.276 e. The number of fused-ring (bicyclic) bond motifs is 1. The maximum Gasteiger partial charge on any atom is 0.276 e. The van der Waals surface area contributed by atoms with E-state index in [0.29, 0.717) is 24.2 Å². The number of para-hydroxylation sites is 2. The fourth-order valence-electron chi connectivity index (χ4n) is 3.30. The van der Waals surface area contributed by atoms with Crippen LogP contribution in [0.5, 0.6) is 0 Å². The monoisotopic (exact) mass is 468 g/mol. The molecular weight excluding hydrogens is 436 g/mol. The number of anilines is 1. The van der Waals surface area contributed by atoms with Crippen LogP contribution >= 0.6 is 0 Å². The number of rotatable bonds is 8. The van der Waals surface area contributed by atoms with Gasteiger partial charge in [-0.05, 0) is 42.4 Å². The van der Waals surface area contributed by atoms with Gasteiger partial charge in [0.05, 0.1) is 24.0 Å². The number of carbonyl (C=O) groups is 2. The van der Waals surface area contributed by atoms with Crippen LogP contribution in [0.25, 0.3) is 11.0 Å². The Bertz CT molecular complexity index is 1120. The normalized spacial score (nSPS) is 12.1. The molecule has 2 aromatic carbocycles. The molecule has 0 saturated carbocycles. The van der Waals surface area contributed by atoms with Gasteiger partial charge in [0.1, 0.15) is 12.1 Å². The van der Waals surface area contributed by atoms with Crippen LogP contribution in [0.2, 0.25) is 18.1 Å². The third-order valence-electron chi connectivity index (χ3n) is 6.26. The van der Waals surface area contributed by atoms with Crippen LogP contribution in [0.4, 0.5) is 5.69 Å². The highest BCUT2D eigenvalue weighted by molar-refractivity contribution is 6.74. The van der Waals surface area contributed by atoms with Crippen LogP contribution < -0.4 is 10.4 Å². The van der Waals surface area contributed by atoms with Crippen molar-refractivity contribution in [2.45, 2.75) is 45.4 Å². The molecule has 0 unspecified atom stereocenters. The van der Waals surface area contributed by atoms with Crippen molar-refractivity contribution in [1.82, 2.24) is 15.0 Å². The van der Waals surface area contributed by atoms with Gasteiger partial charge >= 0.3 is 0 Å². The number of benzene rings is 2. The zero-order valence-corrected chi connectivity index (χ0v) is 20.8. The number of hydrogen-bond acceptors (Lipinski definition) is 5. The minimum absolute atomic E-state index is 0.0513. The quantitative estimate of drug-likeness (QED) is 0.293. The van der Waals surface area contributed by atoms with Crippen molar-refractivity contribution in [2.75, 3.05) is 18.1 Å². The Morgan fingerprint density at radius 1 is 1.12 bits per heavy atom. The Morgan fingerprint density at radius 2 is 1.82 bits per heavy atom. The molecule has 2 amide bonds. The van der Waals surface area contributed by atoms with Gasteiger partial charge in [0.2, 0.25) is 5.91 Å². The second-order valence-electron chi connectivity index (χ2n) is 9.48.